The molecule has 0 aromatic heterocycles. The van der Waals surface area contributed by atoms with Crippen molar-refractivity contribution in [3.63, 3.8) is 0 Å². The van der Waals surface area contributed by atoms with E-state index in [2.05, 4.69) is 15.5 Å². The number of carbonyl (C=O) groups excluding carboxylic acids is 2. The Morgan fingerprint density at radius 1 is 1.04 bits per heavy atom. The fraction of sp³-hybridized carbons (Fsp3) is 0.529. The van der Waals surface area contributed by atoms with Crippen molar-refractivity contribution in [2.45, 2.75) is 25.7 Å². The summed E-state index contributed by atoms with van der Waals surface area (Å²) in [5.74, 6) is -0.986. The van der Waals surface area contributed by atoms with Crippen LogP contribution in [0.2, 0.25) is 0 Å². The Morgan fingerprint density at radius 2 is 1.74 bits per heavy atom. The van der Waals surface area contributed by atoms with E-state index in [1.807, 2.05) is 0 Å². The lowest BCUT2D eigenvalue weighted by molar-refractivity contribution is -0.120. The number of likely N-dealkylation sites (tertiary alicyclic amines) is 1. The number of halogens is 1. The van der Waals surface area contributed by atoms with Gasteiger partial charge in [-0.15, -0.1) is 0 Å². The third-order valence-corrected chi connectivity index (χ3v) is 3.94. The van der Waals surface area contributed by atoms with Gasteiger partial charge in [-0.05, 0) is 63.2 Å². The quantitative estimate of drug-likeness (QED) is 0.749. The van der Waals surface area contributed by atoms with Gasteiger partial charge in [0, 0.05) is 12.1 Å². The van der Waals surface area contributed by atoms with Crippen LogP contribution in [0.4, 0.5) is 4.39 Å². The van der Waals surface area contributed by atoms with Gasteiger partial charge in [0.15, 0.2) is 0 Å². The Kier molecular flexibility index (Phi) is 7.00. The summed E-state index contributed by atoms with van der Waals surface area (Å²) in [6.45, 7) is 3.85. The van der Waals surface area contributed by atoms with Gasteiger partial charge in [0.25, 0.3) is 5.91 Å². The van der Waals surface area contributed by atoms with Gasteiger partial charge in [-0.25, -0.2) is 4.39 Å². The highest BCUT2D eigenvalue weighted by Gasteiger charge is 2.10. The third kappa shape index (κ3) is 6.36. The monoisotopic (exact) mass is 321 g/mol. The van der Waals surface area contributed by atoms with Gasteiger partial charge in [0.2, 0.25) is 5.91 Å². The minimum absolute atomic E-state index is 0.0695. The fourth-order valence-corrected chi connectivity index (χ4v) is 2.64. The average molecular weight is 321 g/mol. The summed E-state index contributed by atoms with van der Waals surface area (Å²) < 4.78 is 12.8. The smallest absolute Gasteiger partial charge is 0.251 e. The van der Waals surface area contributed by atoms with E-state index < -0.39 is 5.82 Å². The Bertz CT molecular complexity index is 513. The lowest BCUT2D eigenvalue weighted by atomic mass is 10.1. The molecule has 6 heteroatoms. The molecule has 0 atom stereocenters. The number of benzene rings is 1. The lowest BCUT2D eigenvalue weighted by Crippen LogP contribution is -2.38. The van der Waals surface area contributed by atoms with Gasteiger partial charge in [-0.3, -0.25) is 9.59 Å². The molecule has 0 aliphatic carbocycles. The molecule has 23 heavy (non-hydrogen) atoms. The van der Waals surface area contributed by atoms with Crippen LogP contribution >= 0.6 is 0 Å². The number of hydrogen-bond donors (Lipinski definition) is 2. The summed E-state index contributed by atoms with van der Waals surface area (Å²) in [5, 5.41) is 5.32. The normalized spacial score (nSPS) is 15.2. The number of carbonyl (C=O) groups is 2. The van der Waals surface area contributed by atoms with Gasteiger partial charge in [0.05, 0.1) is 6.54 Å². The zero-order chi connectivity index (χ0) is 16.5. The van der Waals surface area contributed by atoms with Crippen molar-refractivity contribution in [2.75, 3.05) is 32.7 Å². The number of nitrogens with one attached hydrogen (secondary N) is 2. The van der Waals surface area contributed by atoms with Gasteiger partial charge in [-0.1, -0.05) is 6.42 Å². The van der Waals surface area contributed by atoms with Crippen LogP contribution in [0.5, 0.6) is 0 Å². The minimum Gasteiger partial charge on any atom is -0.355 e. The minimum atomic E-state index is -0.395. The second kappa shape index (κ2) is 9.25. The molecule has 0 spiro atoms. The molecular formula is C17H24FN3O2. The van der Waals surface area contributed by atoms with Gasteiger partial charge in [-0.2, -0.15) is 0 Å². The highest BCUT2D eigenvalue weighted by Crippen LogP contribution is 2.08. The molecular weight excluding hydrogens is 297 g/mol. The van der Waals surface area contributed by atoms with Crippen molar-refractivity contribution in [3.05, 3.63) is 35.6 Å². The Labute approximate surface area is 136 Å². The van der Waals surface area contributed by atoms with E-state index in [0.717, 1.165) is 26.1 Å². The summed E-state index contributed by atoms with van der Waals surface area (Å²) >= 11 is 0. The number of rotatable bonds is 7. The van der Waals surface area contributed by atoms with E-state index in [0.29, 0.717) is 12.1 Å². The molecule has 1 aliphatic heterocycles. The Balaban J connectivity index is 1.57. The molecule has 1 saturated heterocycles. The maximum Gasteiger partial charge on any atom is 0.251 e. The largest absolute Gasteiger partial charge is 0.355 e. The maximum absolute atomic E-state index is 12.8. The topological polar surface area (TPSA) is 61.4 Å². The molecule has 0 saturated carbocycles. The lowest BCUT2D eigenvalue weighted by Gasteiger charge is -2.26. The van der Waals surface area contributed by atoms with Gasteiger partial charge in [0.1, 0.15) is 5.82 Å². The molecule has 1 aliphatic rings. The Morgan fingerprint density at radius 3 is 2.43 bits per heavy atom. The predicted octanol–water partition coefficient (Wildman–Crippen LogP) is 1.55. The van der Waals surface area contributed by atoms with Crippen LogP contribution in [0.25, 0.3) is 0 Å². The molecule has 2 N–H and O–H groups in total. The predicted molar refractivity (Wildman–Crippen MR) is 86.7 cm³/mol. The molecule has 5 nitrogen and oxygen atoms in total. The SMILES string of the molecule is O=C(CNC(=O)c1ccc(F)cc1)NCCCN1CCCCC1. The molecule has 1 aromatic carbocycles. The van der Waals surface area contributed by atoms with Crippen LogP contribution in [-0.2, 0) is 4.79 Å². The zero-order valence-electron chi connectivity index (χ0n) is 13.3. The summed E-state index contributed by atoms with van der Waals surface area (Å²) in [7, 11) is 0. The molecule has 126 valence electrons. The van der Waals surface area contributed by atoms with Crippen LogP contribution in [-0.4, -0.2) is 49.4 Å². The molecule has 0 bridgehead atoms. The molecule has 2 rings (SSSR count). The molecule has 1 heterocycles. The van der Waals surface area contributed by atoms with Crippen molar-refractivity contribution >= 4 is 11.8 Å². The van der Waals surface area contributed by atoms with Crippen molar-refractivity contribution in [1.29, 1.82) is 0 Å². The van der Waals surface area contributed by atoms with E-state index in [1.54, 1.807) is 0 Å². The fourth-order valence-electron chi connectivity index (χ4n) is 2.64. The van der Waals surface area contributed by atoms with Crippen LogP contribution in [0, 0.1) is 5.82 Å². The second-order valence-corrected chi connectivity index (χ2v) is 5.80. The highest BCUT2D eigenvalue weighted by molar-refractivity contribution is 5.96. The standard InChI is InChI=1S/C17H24FN3O2/c18-15-7-5-14(6-8-15)17(23)20-13-16(22)19-9-4-12-21-10-2-1-3-11-21/h5-8H,1-4,9-13H2,(H,19,22)(H,20,23). The average Bonchev–Trinajstić information content (AvgIpc) is 2.58. The van der Waals surface area contributed by atoms with Crippen LogP contribution in [0.3, 0.4) is 0 Å². The first-order valence-corrected chi connectivity index (χ1v) is 8.18. The van der Waals surface area contributed by atoms with Crippen LogP contribution in [0.1, 0.15) is 36.0 Å². The first-order valence-electron chi connectivity index (χ1n) is 8.18. The van der Waals surface area contributed by atoms with Crippen molar-refractivity contribution in [1.82, 2.24) is 15.5 Å². The van der Waals surface area contributed by atoms with Crippen molar-refractivity contribution < 1.29 is 14.0 Å². The summed E-state index contributed by atoms with van der Waals surface area (Å²) in [4.78, 5) is 25.9. The van der Waals surface area contributed by atoms with Crippen LogP contribution in [0.15, 0.2) is 24.3 Å². The summed E-state index contributed by atoms with van der Waals surface area (Å²) in [6.07, 6.45) is 4.77. The van der Waals surface area contributed by atoms with E-state index in [9.17, 15) is 14.0 Å². The van der Waals surface area contributed by atoms with Crippen molar-refractivity contribution in [3.8, 4) is 0 Å². The Hall–Kier alpha value is -1.95. The van der Waals surface area contributed by atoms with E-state index in [1.165, 1.54) is 43.5 Å². The molecule has 0 unspecified atom stereocenters. The number of amides is 2. The van der Waals surface area contributed by atoms with Crippen LogP contribution < -0.4 is 10.6 Å². The molecule has 0 radical (unpaired) electrons. The second-order valence-electron chi connectivity index (χ2n) is 5.80. The van der Waals surface area contributed by atoms with Crippen molar-refractivity contribution in [2.24, 2.45) is 0 Å². The highest BCUT2D eigenvalue weighted by atomic mass is 19.1. The first kappa shape index (κ1) is 17.4. The third-order valence-electron chi connectivity index (χ3n) is 3.94. The number of hydrogen-bond acceptors (Lipinski definition) is 3. The first-order chi connectivity index (χ1) is 11.1. The molecule has 1 fully saturated rings. The van der Waals surface area contributed by atoms with Gasteiger partial charge >= 0.3 is 0 Å². The summed E-state index contributed by atoms with van der Waals surface area (Å²) in [6, 6.07) is 5.22. The van der Waals surface area contributed by atoms with E-state index >= 15 is 0 Å². The number of nitrogens with zero attached hydrogens (tertiary/aromatic N) is 1. The zero-order valence-corrected chi connectivity index (χ0v) is 13.3. The number of piperidine rings is 1. The molecule has 2 amide bonds. The summed E-state index contributed by atoms with van der Waals surface area (Å²) in [5.41, 5.74) is 0.337. The van der Waals surface area contributed by atoms with E-state index in [4.69, 9.17) is 0 Å². The maximum atomic E-state index is 12.8. The van der Waals surface area contributed by atoms with E-state index in [-0.39, 0.29) is 18.4 Å². The molecule has 1 aromatic rings. The van der Waals surface area contributed by atoms with Gasteiger partial charge < -0.3 is 15.5 Å².